The summed E-state index contributed by atoms with van der Waals surface area (Å²) < 4.78 is 13.4. The summed E-state index contributed by atoms with van der Waals surface area (Å²) in [6.07, 6.45) is 0. The van der Waals surface area contributed by atoms with Gasteiger partial charge in [0.05, 0.1) is 5.25 Å². The van der Waals surface area contributed by atoms with E-state index in [1.165, 1.54) is 23.1 Å². The van der Waals surface area contributed by atoms with Gasteiger partial charge in [-0.1, -0.05) is 35.9 Å². The average molecular weight is 407 g/mol. The number of thioether (sulfide) groups is 1. The lowest BCUT2D eigenvalue weighted by Crippen LogP contribution is -2.39. The Kier molecular flexibility index (Phi) is 6.07. The van der Waals surface area contributed by atoms with Crippen molar-refractivity contribution in [1.82, 2.24) is 9.80 Å². The van der Waals surface area contributed by atoms with E-state index in [2.05, 4.69) is 0 Å². The first-order valence-electron chi connectivity index (χ1n) is 8.60. The molecule has 0 spiro atoms. The van der Waals surface area contributed by atoms with Crippen LogP contribution < -0.4 is 0 Å². The minimum absolute atomic E-state index is 0.0246. The van der Waals surface area contributed by atoms with E-state index in [0.717, 1.165) is 5.56 Å². The number of likely N-dealkylation sites (N-methyl/N-ethyl adjacent to an activating group) is 1. The van der Waals surface area contributed by atoms with Crippen molar-refractivity contribution >= 4 is 35.2 Å². The summed E-state index contributed by atoms with van der Waals surface area (Å²) in [6, 6.07) is 13.1. The highest BCUT2D eigenvalue weighted by atomic mass is 35.5. The molecule has 1 aliphatic rings. The molecule has 0 aromatic heterocycles. The van der Waals surface area contributed by atoms with Gasteiger partial charge >= 0.3 is 0 Å². The summed E-state index contributed by atoms with van der Waals surface area (Å²) in [6.45, 7) is 2.59. The van der Waals surface area contributed by atoms with Gasteiger partial charge in [-0.3, -0.25) is 9.59 Å². The van der Waals surface area contributed by atoms with Crippen LogP contribution in [0.1, 0.15) is 28.2 Å². The fraction of sp³-hybridized carbons (Fsp3) is 0.300. The molecule has 27 heavy (non-hydrogen) atoms. The van der Waals surface area contributed by atoms with Gasteiger partial charge in [-0.05, 0) is 31.2 Å². The molecule has 2 atom stereocenters. The van der Waals surface area contributed by atoms with Crippen molar-refractivity contribution in [1.29, 1.82) is 0 Å². The van der Waals surface area contributed by atoms with Gasteiger partial charge in [-0.25, -0.2) is 4.39 Å². The summed E-state index contributed by atoms with van der Waals surface area (Å²) in [4.78, 5) is 28.3. The van der Waals surface area contributed by atoms with Crippen molar-refractivity contribution in [3.63, 3.8) is 0 Å². The van der Waals surface area contributed by atoms with E-state index in [9.17, 15) is 14.0 Å². The number of benzene rings is 2. The highest BCUT2D eigenvalue weighted by Gasteiger charge is 2.39. The SMILES string of the molecule is C[C@H]1S[C@@H](c2ccccc2Cl)N(CCN(C)C(=O)c2cccc(F)c2)C1=O. The predicted octanol–water partition coefficient (Wildman–Crippen LogP) is 4.21. The Morgan fingerprint density at radius 2 is 2.00 bits per heavy atom. The highest BCUT2D eigenvalue weighted by molar-refractivity contribution is 8.01. The van der Waals surface area contributed by atoms with Crippen molar-refractivity contribution < 1.29 is 14.0 Å². The summed E-state index contributed by atoms with van der Waals surface area (Å²) in [5.74, 6) is -0.708. The Balaban J connectivity index is 1.72. The number of carbonyl (C=O) groups excluding carboxylic acids is 2. The van der Waals surface area contributed by atoms with Crippen molar-refractivity contribution in [2.45, 2.75) is 17.5 Å². The lowest BCUT2D eigenvalue weighted by Gasteiger charge is -2.27. The van der Waals surface area contributed by atoms with Crippen LogP contribution in [0.3, 0.4) is 0 Å². The van der Waals surface area contributed by atoms with E-state index in [-0.39, 0.29) is 28.0 Å². The molecule has 2 amide bonds. The lowest BCUT2D eigenvalue weighted by molar-refractivity contribution is -0.129. The number of hydrogen-bond donors (Lipinski definition) is 0. The van der Waals surface area contributed by atoms with Gasteiger partial charge in [-0.2, -0.15) is 0 Å². The molecule has 7 heteroatoms. The van der Waals surface area contributed by atoms with Gasteiger partial charge in [0, 0.05) is 36.3 Å². The molecule has 2 aromatic carbocycles. The first-order chi connectivity index (χ1) is 12.9. The summed E-state index contributed by atoms with van der Waals surface area (Å²) in [5, 5.41) is 0.264. The fourth-order valence-electron chi connectivity index (χ4n) is 3.02. The van der Waals surface area contributed by atoms with Crippen LogP contribution in [-0.2, 0) is 4.79 Å². The molecular formula is C20H20ClFN2O2S. The molecule has 1 saturated heterocycles. The van der Waals surface area contributed by atoms with Crippen LogP contribution in [0.5, 0.6) is 0 Å². The zero-order valence-corrected chi connectivity index (χ0v) is 16.6. The van der Waals surface area contributed by atoms with Crippen LogP contribution in [-0.4, -0.2) is 47.0 Å². The van der Waals surface area contributed by atoms with Gasteiger partial charge in [0.15, 0.2) is 0 Å². The maximum absolute atomic E-state index is 13.4. The standard InChI is InChI=1S/C20H20ClFN2O2S/c1-13-18(25)24(20(27-13)16-8-3-4-9-17(16)21)11-10-23(2)19(26)14-6-5-7-15(22)12-14/h3-9,12-13,20H,10-11H2,1-2H3/t13-,20+/m1/s1. The van der Waals surface area contributed by atoms with Crippen LogP contribution >= 0.6 is 23.4 Å². The Hall–Kier alpha value is -2.05. The molecule has 1 fully saturated rings. The smallest absolute Gasteiger partial charge is 0.253 e. The second kappa shape index (κ2) is 8.31. The minimum atomic E-state index is -0.451. The molecule has 1 aliphatic heterocycles. The number of carbonyl (C=O) groups is 2. The number of nitrogens with zero attached hydrogens (tertiary/aromatic N) is 2. The molecule has 3 rings (SSSR count). The molecule has 4 nitrogen and oxygen atoms in total. The second-order valence-corrected chi connectivity index (χ2v) is 8.25. The average Bonchev–Trinajstić information content (AvgIpc) is 2.93. The van der Waals surface area contributed by atoms with Gasteiger partial charge < -0.3 is 9.80 Å². The van der Waals surface area contributed by atoms with Crippen molar-refractivity contribution in [2.75, 3.05) is 20.1 Å². The van der Waals surface area contributed by atoms with Gasteiger partial charge in [0.1, 0.15) is 11.2 Å². The molecule has 2 aromatic rings. The second-order valence-electron chi connectivity index (χ2n) is 6.42. The predicted molar refractivity (Wildman–Crippen MR) is 106 cm³/mol. The molecule has 0 N–H and O–H groups in total. The first-order valence-corrected chi connectivity index (χ1v) is 9.92. The molecular weight excluding hydrogens is 387 g/mol. The molecule has 0 aliphatic carbocycles. The third kappa shape index (κ3) is 4.28. The van der Waals surface area contributed by atoms with Crippen LogP contribution in [0.2, 0.25) is 5.02 Å². The first kappa shape index (κ1) is 19.7. The van der Waals surface area contributed by atoms with Crippen molar-refractivity contribution in [2.24, 2.45) is 0 Å². The largest absolute Gasteiger partial charge is 0.340 e. The van der Waals surface area contributed by atoms with E-state index in [0.29, 0.717) is 18.1 Å². The van der Waals surface area contributed by atoms with Gasteiger partial charge in [-0.15, -0.1) is 11.8 Å². The van der Waals surface area contributed by atoms with Crippen molar-refractivity contribution in [3.8, 4) is 0 Å². The third-order valence-electron chi connectivity index (χ3n) is 4.51. The molecule has 1 heterocycles. The quantitative estimate of drug-likeness (QED) is 0.746. The van der Waals surface area contributed by atoms with E-state index < -0.39 is 5.82 Å². The topological polar surface area (TPSA) is 40.6 Å². The Labute approximate surface area is 167 Å². The summed E-state index contributed by atoms with van der Waals surface area (Å²) in [5.41, 5.74) is 1.18. The Morgan fingerprint density at radius 1 is 1.26 bits per heavy atom. The molecule has 142 valence electrons. The Bertz CT molecular complexity index is 863. The normalized spacial score (nSPS) is 19.4. The fourth-order valence-corrected chi connectivity index (χ4v) is 4.67. The number of amides is 2. The van der Waals surface area contributed by atoms with Crippen LogP contribution in [0.4, 0.5) is 4.39 Å². The van der Waals surface area contributed by atoms with Crippen molar-refractivity contribution in [3.05, 3.63) is 70.5 Å². The van der Waals surface area contributed by atoms with E-state index in [1.807, 2.05) is 31.2 Å². The monoisotopic (exact) mass is 406 g/mol. The van der Waals surface area contributed by atoms with E-state index in [4.69, 9.17) is 11.6 Å². The molecule has 0 bridgehead atoms. The highest BCUT2D eigenvalue weighted by Crippen LogP contribution is 2.44. The Morgan fingerprint density at radius 3 is 2.70 bits per heavy atom. The van der Waals surface area contributed by atoms with Crippen LogP contribution in [0, 0.1) is 5.82 Å². The number of rotatable bonds is 5. The van der Waals surface area contributed by atoms with E-state index >= 15 is 0 Å². The van der Waals surface area contributed by atoms with Crippen LogP contribution in [0.15, 0.2) is 48.5 Å². The lowest BCUT2D eigenvalue weighted by atomic mass is 10.2. The molecule has 0 saturated carbocycles. The third-order valence-corrected chi connectivity index (χ3v) is 6.23. The van der Waals surface area contributed by atoms with Gasteiger partial charge in [0.25, 0.3) is 5.91 Å². The zero-order valence-electron chi connectivity index (χ0n) is 15.1. The maximum atomic E-state index is 13.4. The number of halogens is 2. The van der Waals surface area contributed by atoms with E-state index in [1.54, 1.807) is 29.8 Å². The summed E-state index contributed by atoms with van der Waals surface area (Å²) >= 11 is 7.87. The molecule has 0 radical (unpaired) electrons. The molecule has 0 unspecified atom stereocenters. The van der Waals surface area contributed by atoms with Gasteiger partial charge in [0.2, 0.25) is 5.91 Å². The number of hydrogen-bond acceptors (Lipinski definition) is 3. The minimum Gasteiger partial charge on any atom is -0.340 e. The summed E-state index contributed by atoms with van der Waals surface area (Å²) in [7, 11) is 1.65. The maximum Gasteiger partial charge on any atom is 0.253 e. The zero-order chi connectivity index (χ0) is 19.6. The van der Waals surface area contributed by atoms with Crippen LogP contribution in [0.25, 0.3) is 0 Å².